The number of aliphatic hydroxyl groups excluding tert-OH is 1. The van der Waals surface area contributed by atoms with Gasteiger partial charge in [-0.1, -0.05) is 6.92 Å². The van der Waals surface area contributed by atoms with E-state index in [2.05, 4.69) is 17.6 Å². The van der Waals surface area contributed by atoms with Crippen molar-refractivity contribution in [3.63, 3.8) is 0 Å². The van der Waals surface area contributed by atoms with Crippen LogP contribution in [0.2, 0.25) is 0 Å². The van der Waals surface area contributed by atoms with Gasteiger partial charge in [-0.2, -0.15) is 0 Å². The summed E-state index contributed by atoms with van der Waals surface area (Å²) in [6.45, 7) is 2.38. The molecule has 0 aromatic heterocycles. The van der Waals surface area contributed by atoms with Crippen LogP contribution in [0.4, 0.5) is 4.79 Å². The van der Waals surface area contributed by atoms with Crippen molar-refractivity contribution in [2.45, 2.75) is 25.9 Å². The molecule has 1 aliphatic rings. The Morgan fingerprint density at radius 3 is 2.38 bits per heavy atom. The summed E-state index contributed by atoms with van der Waals surface area (Å²) >= 11 is 0. The van der Waals surface area contributed by atoms with E-state index in [0.717, 1.165) is 0 Å². The largest absolute Gasteiger partial charge is 0.479 e. The Bertz CT molecular complexity index is 266. The fraction of sp³-hybridized carbons (Fsp3) is 0.800. The van der Waals surface area contributed by atoms with Gasteiger partial charge in [-0.25, -0.2) is 9.59 Å². The minimum atomic E-state index is -1.55. The lowest BCUT2D eigenvalue weighted by Crippen LogP contribution is -2.43. The summed E-state index contributed by atoms with van der Waals surface area (Å²) in [5.41, 5.74) is 0. The number of hydrogen-bond acceptors (Lipinski definition) is 3. The molecule has 2 amide bonds. The van der Waals surface area contributed by atoms with Crippen LogP contribution in [-0.4, -0.2) is 41.4 Å². The van der Waals surface area contributed by atoms with Gasteiger partial charge >= 0.3 is 12.0 Å². The van der Waals surface area contributed by atoms with E-state index < -0.39 is 18.1 Å². The quantitative estimate of drug-likeness (QED) is 0.507. The molecule has 16 heavy (non-hydrogen) atoms. The van der Waals surface area contributed by atoms with E-state index in [-0.39, 0.29) is 6.54 Å². The molecule has 92 valence electrons. The highest BCUT2D eigenvalue weighted by Crippen LogP contribution is 2.35. The van der Waals surface area contributed by atoms with Crippen molar-refractivity contribution in [2.24, 2.45) is 11.8 Å². The molecule has 6 nitrogen and oxygen atoms in total. The highest BCUT2D eigenvalue weighted by Gasteiger charge is 2.27. The maximum Gasteiger partial charge on any atom is 0.334 e. The predicted molar refractivity (Wildman–Crippen MR) is 56.9 cm³/mol. The lowest BCUT2D eigenvalue weighted by Gasteiger charge is -2.13. The van der Waals surface area contributed by atoms with Crippen LogP contribution < -0.4 is 10.6 Å². The summed E-state index contributed by atoms with van der Waals surface area (Å²) < 4.78 is 0. The number of carbonyl (C=O) groups is 2. The zero-order valence-corrected chi connectivity index (χ0v) is 9.27. The average molecular weight is 230 g/mol. The van der Waals surface area contributed by atoms with Crippen molar-refractivity contribution >= 4 is 12.0 Å². The molecular weight excluding hydrogens is 212 g/mol. The Kier molecular flexibility index (Phi) is 4.54. The topological polar surface area (TPSA) is 98.7 Å². The summed E-state index contributed by atoms with van der Waals surface area (Å²) in [5.74, 6) is -0.174. The van der Waals surface area contributed by atoms with Gasteiger partial charge in [0.1, 0.15) is 0 Å². The zero-order chi connectivity index (χ0) is 12.1. The number of carboxylic acid groups (broad SMARTS) is 1. The molecule has 0 bridgehead atoms. The van der Waals surface area contributed by atoms with Gasteiger partial charge in [0, 0.05) is 6.54 Å². The zero-order valence-electron chi connectivity index (χ0n) is 9.27. The minimum Gasteiger partial charge on any atom is -0.479 e. The van der Waals surface area contributed by atoms with Crippen LogP contribution in [0.3, 0.4) is 0 Å². The average Bonchev–Trinajstić information content (AvgIpc) is 3.05. The molecule has 0 aliphatic heterocycles. The van der Waals surface area contributed by atoms with Crippen LogP contribution in [0.5, 0.6) is 0 Å². The molecule has 0 spiro atoms. The number of amides is 2. The number of nitrogens with one attached hydrogen (secondary N) is 2. The Labute approximate surface area is 94.0 Å². The fourth-order valence-electron chi connectivity index (χ4n) is 1.42. The first kappa shape index (κ1) is 12.8. The highest BCUT2D eigenvalue weighted by atomic mass is 16.4. The van der Waals surface area contributed by atoms with Crippen molar-refractivity contribution in [1.29, 1.82) is 0 Å². The maximum absolute atomic E-state index is 11.2. The first-order valence-electron chi connectivity index (χ1n) is 5.43. The molecule has 6 heteroatoms. The van der Waals surface area contributed by atoms with E-state index in [4.69, 9.17) is 10.2 Å². The molecular formula is C10H18N2O4. The summed E-state index contributed by atoms with van der Waals surface area (Å²) in [4.78, 5) is 21.4. The number of carbonyl (C=O) groups excluding carboxylic acids is 1. The van der Waals surface area contributed by atoms with Crippen molar-refractivity contribution < 1.29 is 19.8 Å². The molecule has 0 radical (unpaired) electrons. The van der Waals surface area contributed by atoms with Crippen LogP contribution in [0.25, 0.3) is 0 Å². The second-order valence-corrected chi connectivity index (χ2v) is 4.26. The van der Waals surface area contributed by atoms with Crippen molar-refractivity contribution in [1.82, 2.24) is 10.6 Å². The molecule has 0 heterocycles. The number of hydrogen-bond donors (Lipinski definition) is 4. The SMILES string of the molecule is CC(CNC(=O)NCC(O)C(=O)O)C1CC1. The predicted octanol–water partition coefficient (Wildman–Crippen LogP) is -0.223. The molecule has 1 saturated carbocycles. The normalized spacial score (nSPS) is 18.6. The molecule has 1 rings (SSSR count). The summed E-state index contributed by atoms with van der Waals surface area (Å²) in [6, 6.07) is -0.437. The standard InChI is InChI=1S/C10H18N2O4/c1-6(7-2-3-7)4-11-10(16)12-5-8(13)9(14)15/h6-8,13H,2-5H2,1H3,(H,14,15)(H2,11,12,16). The van der Waals surface area contributed by atoms with E-state index in [9.17, 15) is 9.59 Å². The molecule has 0 aromatic carbocycles. The van der Waals surface area contributed by atoms with Crippen molar-refractivity contribution in [2.75, 3.05) is 13.1 Å². The summed E-state index contributed by atoms with van der Waals surface area (Å²) in [6.07, 6.45) is 0.899. The smallest absolute Gasteiger partial charge is 0.334 e. The maximum atomic E-state index is 11.2. The first-order valence-corrected chi connectivity index (χ1v) is 5.43. The molecule has 2 atom stereocenters. The number of aliphatic carboxylic acids is 1. The van der Waals surface area contributed by atoms with Gasteiger partial charge in [0.05, 0.1) is 6.54 Å². The van der Waals surface area contributed by atoms with E-state index in [1.165, 1.54) is 12.8 Å². The minimum absolute atomic E-state index is 0.279. The summed E-state index contributed by atoms with van der Waals surface area (Å²) in [7, 11) is 0. The van der Waals surface area contributed by atoms with E-state index in [1.807, 2.05) is 0 Å². The van der Waals surface area contributed by atoms with Crippen LogP contribution in [0, 0.1) is 11.8 Å². The highest BCUT2D eigenvalue weighted by molar-refractivity contribution is 5.76. The third-order valence-electron chi connectivity index (χ3n) is 2.75. The second-order valence-electron chi connectivity index (χ2n) is 4.26. The van der Waals surface area contributed by atoms with Gasteiger partial charge in [0.25, 0.3) is 0 Å². The van der Waals surface area contributed by atoms with Gasteiger partial charge < -0.3 is 20.8 Å². The Morgan fingerprint density at radius 1 is 1.31 bits per heavy atom. The number of urea groups is 1. The van der Waals surface area contributed by atoms with E-state index in [1.54, 1.807) is 0 Å². The third-order valence-corrected chi connectivity index (χ3v) is 2.75. The van der Waals surface area contributed by atoms with Crippen molar-refractivity contribution in [3.8, 4) is 0 Å². The lowest BCUT2D eigenvalue weighted by atomic mass is 10.1. The molecule has 1 aliphatic carbocycles. The number of aliphatic hydroxyl groups is 1. The fourth-order valence-corrected chi connectivity index (χ4v) is 1.42. The molecule has 4 N–H and O–H groups in total. The molecule has 2 unspecified atom stereocenters. The monoisotopic (exact) mass is 230 g/mol. The Balaban J connectivity index is 2.08. The molecule has 0 aromatic rings. The first-order chi connectivity index (χ1) is 7.50. The Hall–Kier alpha value is -1.30. The third kappa shape index (κ3) is 4.48. The molecule has 0 saturated heterocycles. The van der Waals surface area contributed by atoms with E-state index >= 15 is 0 Å². The van der Waals surface area contributed by atoms with Crippen LogP contribution >= 0.6 is 0 Å². The molecule has 1 fully saturated rings. The van der Waals surface area contributed by atoms with Gasteiger partial charge in [0.2, 0.25) is 0 Å². The van der Waals surface area contributed by atoms with Gasteiger partial charge in [0.15, 0.2) is 6.10 Å². The van der Waals surface area contributed by atoms with Crippen molar-refractivity contribution in [3.05, 3.63) is 0 Å². The summed E-state index contributed by atoms with van der Waals surface area (Å²) in [5, 5.41) is 22.2. The number of rotatable bonds is 6. The van der Waals surface area contributed by atoms with Crippen LogP contribution in [0.1, 0.15) is 19.8 Å². The lowest BCUT2D eigenvalue weighted by molar-refractivity contribution is -0.146. The number of carboxylic acids is 1. The van der Waals surface area contributed by atoms with Gasteiger partial charge in [-0.15, -0.1) is 0 Å². The second kappa shape index (κ2) is 5.69. The van der Waals surface area contributed by atoms with Gasteiger partial charge in [-0.05, 0) is 24.7 Å². The van der Waals surface area contributed by atoms with E-state index in [0.29, 0.717) is 18.4 Å². The van der Waals surface area contributed by atoms with Crippen LogP contribution in [-0.2, 0) is 4.79 Å². The Morgan fingerprint density at radius 2 is 1.88 bits per heavy atom. The van der Waals surface area contributed by atoms with Crippen LogP contribution in [0.15, 0.2) is 0 Å². The van der Waals surface area contributed by atoms with Gasteiger partial charge in [-0.3, -0.25) is 0 Å².